The minimum atomic E-state index is -0.680. The Morgan fingerprint density at radius 3 is 2.75 bits per heavy atom. The van der Waals surface area contributed by atoms with Gasteiger partial charge in [-0.25, -0.2) is 14.6 Å². The molecule has 4 aromatic rings. The summed E-state index contributed by atoms with van der Waals surface area (Å²) in [7, 11) is 4.16. The van der Waals surface area contributed by atoms with Crippen LogP contribution in [0.25, 0.3) is 22.6 Å². The monoisotopic (exact) mass is 613 g/mol. The number of thiophene rings is 1. The Balaban J connectivity index is 1.28. The van der Waals surface area contributed by atoms with Crippen LogP contribution in [0.3, 0.4) is 0 Å². The van der Waals surface area contributed by atoms with E-state index in [2.05, 4.69) is 30.1 Å². The van der Waals surface area contributed by atoms with Crippen molar-refractivity contribution >= 4 is 33.2 Å². The van der Waals surface area contributed by atoms with E-state index in [1.165, 1.54) is 11.3 Å². The summed E-state index contributed by atoms with van der Waals surface area (Å²) in [6, 6.07) is 2.90. The van der Waals surface area contributed by atoms with E-state index in [1.807, 2.05) is 22.8 Å². The Kier molecular flexibility index (Phi) is 6.35. The number of likely N-dealkylation sites (tertiary alicyclic amines) is 1. The van der Waals surface area contributed by atoms with Crippen LogP contribution in [0.5, 0.6) is 0 Å². The van der Waals surface area contributed by atoms with Crippen LogP contribution < -0.4 is 10.6 Å². The van der Waals surface area contributed by atoms with Gasteiger partial charge >= 0.3 is 0 Å². The molecule has 1 saturated carbocycles. The lowest BCUT2D eigenvalue weighted by atomic mass is 9.63. The number of rotatable bonds is 6. The van der Waals surface area contributed by atoms with Gasteiger partial charge in [-0.2, -0.15) is 10.4 Å². The van der Waals surface area contributed by atoms with Gasteiger partial charge in [0.2, 0.25) is 0 Å². The molecule has 3 aliphatic carbocycles. The van der Waals surface area contributed by atoms with Crippen molar-refractivity contribution in [2.75, 3.05) is 37.8 Å². The molecule has 4 aromatic heterocycles. The zero-order chi connectivity index (χ0) is 30.4. The zero-order valence-electron chi connectivity index (χ0n) is 25.6. The maximum absolute atomic E-state index is 10.8. The van der Waals surface area contributed by atoms with Crippen LogP contribution in [0.4, 0.5) is 10.8 Å². The maximum Gasteiger partial charge on any atom is 0.186 e. The Labute approximate surface area is 260 Å². The second-order valence-electron chi connectivity index (χ2n) is 13.6. The molecule has 1 spiro atoms. The molecule has 0 radical (unpaired) electrons. The van der Waals surface area contributed by atoms with Crippen molar-refractivity contribution in [2.24, 2.45) is 0 Å². The van der Waals surface area contributed by atoms with Crippen molar-refractivity contribution in [1.82, 2.24) is 29.8 Å². The molecule has 4 aliphatic rings. The Hall–Kier alpha value is -3.53. The van der Waals surface area contributed by atoms with E-state index in [4.69, 9.17) is 25.3 Å². The molecule has 1 aliphatic heterocycles. The highest BCUT2D eigenvalue weighted by atomic mass is 32.1. The van der Waals surface area contributed by atoms with Crippen molar-refractivity contribution in [3.63, 3.8) is 0 Å². The van der Waals surface area contributed by atoms with Gasteiger partial charge in [0.15, 0.2) is 22.9 Å². The molecule has 44 heavy (non-hydrogen) atoms. The molecule has 12 heteroatoms. The van der Waals surface area contributed by atoms with Crippen LogP contribution in [0.15, 0.2) is 10.7 Å². The summed E-state index contributed by atoms with van der Waals surface area (Å²) in [5.74, 6) is 2.09. The van der Waals surface area contributed by atoms with Crippen LogP contribution >= 0.6 is 11.3 Å². The minimum Gasteiger partial charge on any atom is -0.389 e. The fourth-order valence-electron chi connectivity index (χ4n) is 8.35. The van der Waals surface area contributed by atoms with Gasteiger partial charge in [0, 0.05) is 30.1 Å². The quantitative estimate of drug-likeness (QED) is 0.317. The summed E-state index contributed by atoms with van der Waals surface area (Å²) < 4.78 is 8.35. The SMILES string of the molecule is CC(C1CCCN1C)n1ncc2c(N(C)CC3(O)CC3)nc(-c3noc4c3CCCC43CCCc4sc(N)c(C#N)c43)nc21. The predicted molar refractivity (Wildman–Crippen MR) is 169 cm³/mol. The van der Waals surface area contributed by atoms with Gasteiger partial charge in [0.05, 0.1) is 34.2 Å². The molecule has 0 amide bonds. The first-order valence-electron chi connectivity index (χ1n) is 15.9. The zero-order valence-corrected chi connectivity index (χ0v) is 26.5. The molecule has 0 aromatic carbocycles. The van der Waals surface area contributed by atoms with Crippen molar-refractivity contribution in [3.8, 4) is 17.6 Å². The second kappa shape index (κ2) is 9.99. The molecule has 1 saturated heterocycles. The number of nitrogen functional groups attached to an aromatic ring is 1. The number of aryl methyl sites for hydroxylation is 1. The highest BCUT2D eigenvalue weighted by Gasteiger charge is 2.49. The second-order valence-corrected chi connectivity index (χ2v) is 14.7. The first-order chi connectivity index (χ1) is 21.2. The Morgan fingerprint density at radius 1 is 1.23 bits per heavy atom. The molecule has 2 fully saturated rings. The third kappa shape index (κ3) is 4.12. The molecule has 5 heterocycles. The van der Waals surface area contributed by atoms with E-state index in [9.17, 15) is 10.4 Å². The number of nitrogens with two attached hydrogens (primary N) is 1. The van der Waals surface area contributed by atoms with Gasteiger partial charge in [-0.15, -0.1) is 11.3 Å². The van der Waals surface area contributed by atoms with Crippen molar-refractivity contribution in [2.45, 2.75) is 94.2 Å². The number of hydrogen-bond acceptors (Lipinski definition) is 11. The van der Waals surface area contributed by atoms with Crippen LogP contribution in [0, 0.1) is 11.3 Å². The number of aromatic nitrogens is 5. The number of hydrogen-bond donors (Lipinski definition) is 2. The third-order valence-corrected chi connectivity index (χ3v) is 11.8. The third-order valence-electron chi connectivity index (χ3n) is 10.7. The van der Waals surface area contributed by atoms with Crippen LogP contribution in [-0.4, -0.2) is 73.7 Å². The van der Waals surface area contributed by atoms with Gasteiger partial charge in [-0.1, -0.05) is 5.16 Å². The van der Waals surface area contributed by atoms with Gasteiger partial charge in [-0.3, -0.25) is 0 Å². The first-order valence-corrected chi connectivity index (χ1v) is 16.7. The van der Waals surface area contributed by atoms with Gasteiger partial charge in [0.1, 0.15) is 16.9 Å². The summed E-state index contributed by atoms with van der Waals surface area (Å²) in [6.45, 7) is 3.79. The fraction of sp³-hybridized carbons (Fsp3) is 0.594. The van der Waals surface area contributed by atoms with Crippen LogP contribution in [0.2, 0.25) is 0 Å². The fourth-order valence-corrected chi connectivity index (χ4v) is 9.51. The van der Waals surface area contributed by atoms with E-state index < -0.39 is 11.0 Å². The first kappa shape index (κ1) is 28.0. The van der Waals surface area contributed by atoms with Crippen molar-refractivity contribution in [3.05, 3.63) is 33.5 Å². The average Bonchev–Trinajstić information content (AvgIpc) is 3.47. The smallest absolute Gasteiger partial charge is 0.186 e. The van der Waals surface area contributed by atoms with E-state index in [0.717, 1.165) is 98.1 Å². The van der Waals surface area contributed by atoms with E-state index in [0.29, 0.717) is 34.7 Å². The summed E-state index contributed by atoms with van der Waals surface area (Å²) in [4.78, 5) is 15.9. The Bertz CT molecular complexity index is 1810. The molecule has 3 atom stereocenters. The highest BCUT2D eigenvalue weighted by molar-refractivity contribution is 7.16. The average molecular weight is 614 g/mol. The van der Waals surface area contributed by atoms with Gasteiger partial charge < -0.3 is 25.2 Å². The number of fused-ring (bicyclic) bond motifs is 5. The van der Waals surface area contributed by atoms with Gasteiger partial charge in [0.25, 0.3) is 0 Å². The van der Waals surface area contributed by atoms with E-state index in [1.54, 1.807) is 11.3 Å². The van der Waals surface area contributed by atoms with Crippen LogP contribution in [0.1, 0.15) is 91.7 Å². The predicted octanol–water partition coefficient (Wildman–Crippen LogP) is 4.57. The van der Waals surface area contributed by atoms with Crippen molar-refractivity contribution in [1.29, 1.82) is 5.26 Å². The number of aliphatic hydroxyl groups is 1. The molecule has 230 valence electrons. The lowest BCUT2D eigenvalue weighted by Gasteiger charge is -2.39. The van der Waals surface area contributed by atoms with Crippen molar-refractivity contribution < 1.29 is 9.63 Å². The minimum absolute atomic E-state index is 0.122. The topological polar surface area (TPSA) is 146 Å². The summed E-state index contributed by atoms with van der Waals surface area (Å²) >= 11 is 1.55. The number of likely N-dealkylation sites (N-methyl/N-ethyl adjacent to an activating group) is 2. The summed E-state index contributed by atoms with van der Waals surface area (Å²) in [5.41, 5.74) is 9.39. The lowest BCUT2D eigenvalue weighted by molar-refractivity contribution is 0.158. The van der Waals surface area contributed by atoms with E-state index >= 15 is 0 Å². The highest BCUT2D eigenvalue weighted by Crippen LogP contribution is 2.55. The largest absolute Gasteiger partial charge is 0.389 e. The molecular formula is C32H39N9O2S. The number of nitriles is 1. The summed E-state index contributed by atoms with van der Waals surface area (Å²) in [6.07, 6.45) is 11.3. The maximum atomic E-state index is 10.8. The molecular weight excluding hydrogens is 574 g/mol. The number of nitrogens with zero attached hydrogens (tertiary/aromatic N) is 8. The molecule has 8 rings (SSSR count). The summed E-state index contributed by atoms with van der Waals surface area (Å²) in [5, 5.41) is 31.9. The molecule has 3 N–H and O–H groups in total. The standard InChI is InChI=1S/C32H39N9O2S/c1-18(22-8-6-14-39(22)2)41-30-21(16-35-41)29(40(3)17-31(42)12-13-31)36-28(37-30)25-19-7-4-10-32(26(19)43-38-25)11-5-9-23-24(32)20(15-33)27(34)44-23/h16,18,22,42H,4-14,17,34H2,1-3H3. The molecule has 11 nitrogen and oxygen atoms in total. The molecule has 0 bridgehead atoms. The molecule has 3 unspecified atom stereocenters. The van der Waals surface area contributed by atoms with E-state index in [-0.39, 0.29) is 6.04 Å². The van der Waals surface area contributed by atoms with Crippen LogP contribution in [-0.2, 0) is 18.3 Å². The number of anilines is 2. The normalized spacial score (nSPS) is 24.8. The lowest BCUT2D eigenvalue weighted by Crippen LogP contribution is -2.35. The Morgan fingerprint density at radius 2 is 2.02 bits per heavy atom. The van der Waals surface area contributed by atoms with Gasteiger partial charge in [-0.05, 0) is 90.3 Å².